The van der Waals surface area contributed by atoms with E-state index < -0.39 is 5.97 Å². The van der Waals surface area contributed by atoms with Crippen molar-refractivity contribution in [2.45, 2.75) is 39.0 Å². The maximum absolute atomic E-state index is 10.2. The number of ether oxygens (including phenoxy) is 4. The second kappa shape index (κ2) is 20.3. The molecule has 0 aliphatic heterocycles. The number of carboxylic acids is 1. The molecule has 0 amide bonds. The fraction of sp³-hybridized carbons (Fsp3) is 0.941. The molecule has 7 heteroatoms. The first-order valence-electron chi connectivity index (χ1n) is 9.00. The highest BCUT2D eigenvalue weighted by Crippen LogP contribution is 1.96. The largest absolute Gasteiger partial charge is 0.481 e. The Morgan fingerprint density at radius 2 is 1.29 bits per heavy atom. The third kappa shape index (κ3) is 21.3. The van der Waals surface area contributed by atoms with E-state index in [0.717, 1.165) is 13.1 Å². The lowest BCUT2D eigenvalue weighted by Gasteiger charge is -2.08. The number of nitrogens with one attached hydrogen (secondary N) is 1. The lowest BCUT2D eigenvalue weighted by atomic mass is 10.2. The van der Waals surface area contributed by atoms with Crippen LogP contribution in [0.3, 0.4) is 0 Å². The summed E-state index contributed by atoms with van der Waals surface area (Å²) >= 11 is 0. The summed E-state index contributed by atoms with van der Waals surface area (Å²) in [5.74, 6) is -0.853. The number of rotatable bonds is 20. The standard InChI is InChI=1S/C17H35NO6/c1-2-3-4-5-7-18-8-10-22-12-14-24-16-15-23-13-11-21-9-6-17(19)20/h18H,2-16H2,1H3,(H,19,20). The van der Waals surface area contributed by atoms with E-state index in [4.69, 9.17) is 24.1 Å². The first kappa shape index (κ1) is 23.3. The van der Waals surface area contributed by atoms with E-state index in [2.05, 4.69) is 12.2 Å². The van der Waals surface area contributed by atoms with Crippen molar-refractivity contribution in [1.82, 2.24) is 5.32 Å². The maximum atomic E-state index is 10.2. The highest BCUT2D eigenvalue weighted by atomic mass is 16.6. The van der Waals surface area contributed by atoms with Crippen LogP contribution in [0.25, 0.3) is 0 Å². The van der Waals surface area contributed by atoms with Gasteiger partial charge in [-0.3, -0.25) is 4.79 Å². The van der Waals surface area contributed by atoms with Crippen LogP contribution in [0.2, 0.25) is 0 Å². The minimum absolute atomic E-state index is 0.0253. The van der Waals surface area contributed by atoms with Crippen LogP contribution in [-0.4, -0.2) is 77.0 Å². The molecular formula is C17H35NO6. The molecule has 0 unspecified atom stereocenters. The Morgan fingerprint density at radius 3 is 1.83 bits per heavy atom. The van der Waals surface area contributed by atoms with E-state index in [0.29, 0.717) is 46.2 Å². The number of aliphatic carboxylic acids is 1. The molecule has 0 fully saturated rings. The zero-order valence-corrected chi connectivity index (χ0v) is 15.1. The highest BCUT2D eigenvalue weighted by Gasteiger charge is 1.96. The lowest BCUT2D eigenvalue weighted by molar-refractivity contribution is -0.138. The number of unbranched alkanes of at least 4 members (excludes halogenated alkanes) is 3. The molecule has 0 saturated heterocycles. The minimum Gasteiger partial charge on any atom is -0.481 e. The van der Waals surface area contributed by atoms with Gasteiger partial charge in [0.15, 0.2) is 0 Å². The van der Waals surface area contributed by atoms with Gasteiger partial charge in [0.25, 0.3) is 0 Å². The molecule has 144 valence electrons. The quantitative estimate of drug-likeness (QED) is 0.324. The Balaban J connectivity index is 2.97. The predicted molar refractivity (Wildman–Crippen MR) is 92.5 cm³/mol. The van der Waals surface area contributed by atoms with Crippen molar-refractivity contribution in [2.24, 2.45) is 0 Å². The molecular weight excluding hydrogens is 314 g/mol. The van der Waals surface area contributed by atoms with Gasteiger partial charge in [-0.15, -0.1) is 0 Å². The molecule has 0 atom stereocenters. The monoisotopic (exact) mass is 349 g/mol. The summed E-state index contributed by atoms with van der Waals surface area (Å²) in [5.41, 5.74) is 0. The fourth-order valence-electron chi connectivity index (χ4n) is 1.87. The molecule has 0 aromatic carbocycles. The van der Waals surface area contributed by atoms with Gasteiger partial charge in [-0.2, -0.15) is 0 Å². The molecule has 0 aromatic heterocycles. The van der Waals surface area contributed by atoms with Crippen LogP contribution >= 0.6 is 0 Å². The predicted octanol–water partition coefficient (Wildman–Crippen LogP) is 1.70. The van der Waals surface area contributed by atoms with E-state index >= 15 is 0 Å². The maximum Gasteiger partial charge on any atom is 0.305 e. The third-order valence-electron chi connectivity index (χ3n) is 3.21. The van der Waals surface area contributed by atoms with Crippen LogP contribution in [0.15, 0.2) is 0 Å². The summed E-state index contributed by atoms with van der Waals surface area (Å²) in [6, 6.07) is 0. The van der Waals surface area contributed by atoms with Crippen molar-refractivity contribution in [1.29, 1.82) is 0 Å². The van der Waals surface area contributed by atoms with Crippen LogP contribution in [0.5, 0.6) is 0 Å². The van der Waals surface area contributed by atoms with E-state index in [9.17, 15) is 4.79 Å². The summed E-state index contributed by atoms with van der Waals surface area (Å²) in [6.45, 7) is 8.14. The number of carboxylic acid groups (broad SMARTS) is 1. The molecule has 0 aliphatic carbocycles. The van der Waals surface area contributed by atoms with Crippen molar-refractivity contribution in [3.8, 4) is 0 Å². The van der Waals surface area contributed by atoms with Gasteiger partial charge in [-0.1, -0.05) is 26.2 Å². The van der Waals surface area contributed by atoms with Crippen LogP contribution in [0, 0.1) is 0 Å². The molecule has 0 bridgehead atoms. The van der Waals surface area contributed by atoms with Gasteiger partial charge in [-0.25, -0.2) is 0 Å². The summed E-state index contributed by atoms with van der Waals surface area (Å²) < 4.78 is 21.2. The first-order valence-corrected chi connectivity index (χ1v) is 9.00. The molecule has 0 radical (unpaired) electrons. The van der Waals surface area contributed by atoms with Crippen molar-refractivity contribution < 1.29 is 28.8 Å². The molecule has 0 heterocycles. The molecule has 24 heavy (non-hydrogen) atoms. The van der Waals surface area contributed by atoms with E-state index in [1.54, 1.807) is 0 Å². The van der Waals surface area contributed by atoms with Crippen molar-refractivity contribution in [2.75, 3.05) is 65.9 Å². The molecule has 0 aliphatic rings. The van der Waals surface area contributed by atoms with Crippen LogP contribution in [-0.2, 0) is 23.7 Å². The Morgan fingerprint density at radius 1 is 0.750 bits per heavy atom. The van der Waals surface area contributed by atoms with Gasteiger partial charge in [0, 0.05) is 6.54 Å². The first-order chi connectivity index (χ1) is 11.8. The average Bonchev–Trinajstić information content (AvgIpc) is 2.56. The normalized spacial score (nSPS) is 11.0. The number of hydrogen-bond donors (Lipinski definition) is 2. The molecule has 0 spiro atoms. The van der Waals surface area contributed by atoms with Crippen LogP contribution in [0.4, 0.5) is 0 Å². The summed E-state index contributed by atoms with van der Waals surface area (Å²) in [6.07, 6.45) is 5.15. The molecule has 0 rings (SSSR count). The second-order valence-corrected chi connectivity index (χ2v) is 5.40. The zero-order valence-electron chi connectivity index (χ0n) is 15.1. The van der Waals surface area contributed by atoms with E-state index in [1.165, 1.54) is 25.7 Å². The Hall–Kier alpha value is -0.730. The minimum atomic E-state index is -0.853. The Bertz CT molecular complexity index is 265. The molecule has 0 aromatic rings. The fourth-order valence-corrected chi connectivity index (χ4v) is 1.87. The van der Waals surface area contributed by atoms with Gasteiger partial charge in [0.05, 0.1) is 59.3 Å². The SMILES string of the molecule is CCCCCCNCCOCCOCCOCCOCCC(=O)O. The molecule has 2 N–H and O–H groups in total. The lowest BCUT2D eigenvalue weighted by Crippen LogP contribution is -2.21. The highest BCUT2D eigenvalue weighted by molar-refractivity contribution is 5.66. The van der Waals surface area contributed by atoms with Crippen molar-refractivity contribution >= 4 is 5.97 Å². The van der Waals surface area contributed by atoms with Gasteiger partial charge in [0.1, 0.15) is 0 Å². The average molecular weight is 349 g/mol. The summed E-state index contributed by atoms with van der Waals surface area (Å²) in [5, 5.41) is 11.8. The third-order valence-corrected chi connectivity index (χ3v) is 3.21. The Kier molecular flexibility index (Phi) is 19.7. The number of hydrogen-bond acceptors (Lipinski definition) is 6. The second-order valence-electron chi connectivity index (χ2n) is 5.40. The van der Waals surface area contributed by atoms with Crippen molar-refractivity contribution in [3.63, 3.8) is 0 Å². The molecule has 0 saturated carbocycles. The topological polar surface area (TPSA) is 86.3 Å². The van der Waals surface area contributed by atoms with Crippen LogP contribution in [0.1, 0.15) is 39.0 Å². The van der Waals surface area contributed by atoms with E-state index in [1.807, 2.05) is 0 Å². The van der Waals surface area contributed by atoms with Gasteiger partial charge < -0.3 is 29.4 Å². The zero-order chi connectivity index (χ0) is 17.7. The van der Waals surface area contributed by atoms with Crippen LogP contribution < -0.4 is 5.32 Å². The molecule has 7 nitrogen and oxygen atoms in total. The summed E-state index contributed by atoms with van der Waals surface area (Å²) in [4.78, 5) is 10.2. The number of carbonyl (C=O) groups is 1. The van der Waals surface area contributed by atoms with Gasteiger partial charge in [0.2, 0.25) is 0 Å². The van der Waals surface area contributed by atoms with E-state index in [-0.39, 0.29) is 13.0 Å². The summed E-state index contributed by atoms with van der Waals surface area (Å²) in [7, 11) is 0. The van der Waals surface area contributed by atoms with Gasteiger partial charge >= 0.3 is 5.97 Å². The van der Waals surface area contributed by atoms with Crippen molar-refractivity contribution in [3.05, 3.63) is 0 Å². The smallest absolute Gasteiger partial charge is 0.305 e. The van der Waals surface area contributed by atoms with Gasteiger partial charge in [-0.05, 0) is 13.0 Å². The Labute approximate surface area is 146 Å².